The van der Waals surface area contributed by atoms with Gasteiger partial charge < -0.3 is 10.2 Å². The maximum atomic E-state index is 13.2. The molecule has 31 heavy (non-hydrogen) atoms. The Morgan fingerprint density at radius 1 is 0.903 bits per heavy atom. The van der Waals surface area contributed by atoms with E-state index in [-0.39, 0.29) is 11.8 Å². The third-order valence-electron chi connectivity index (χ3n) is 6.07. The monoisotopic (exact) mass is 415 g/mol. The van der Waals surface area contributed by atoms with Gasteiger partial charge in [-0.2, -0.15) is 5.10 Å². The Morgan fingerprint density at radius 3 is 2.35 bits per heavy atom. The lowest BCUT2D eigenvalue weighted by Crippen LogP contribution is -2.38. The number of rotatable bonds is 5. The summed E-state index contributed by atoms with van der Waals surface area (Å²) >= 11 is 0. The largest absolute Gasteiger partial charge is 0.339 e. The average Bonchev–Trinajstić information content (AvgIpc) is 3.56. The SMILES string of the molecule is O=C(Nc1ccccc1C(=O)N1CCC(c2nc(C3CC3)n[nH]2)CC1)c1ccccc1. The van der Waals surface area contributed by atoms with E-state index in [1.807, 2.05) is 35.2 Å². The van der Waals surface area contributed by atoms with Crippen LogP contribution < -0.4 is 5.32 Å². The lowest BCUT2D eigenvalue weighted by atomic mass is 9.95. The fraction of sp³-hybridized carbons (Fsp3) is 0.333. The normalized spacial score (nSPS) is 16.8. The molecule has 0 spiro atoms. The van der Waals surface area contributed by atoms with Crippen molar-refractivity contribution in [1.82, 2.24) is 20.1 Å². The zero-order chi connectivity index (χ0) is 21.2. The molecule has 2 fully saturated rings. The van der Waals surface area contributed by atoms with E-state index >= 15 is 0 Å². The van der Waals surface area contributed by atoms with Gasteiger partial charge in [0.1, 0.15) is 5.82 Å². The second-order valence-electron chi connectivity index (χ2n) is 8.29. The van der Waals surface area contributed by atoms with E-state index in [2.05, 4.69) is 20.5 Å². The zero-order valence-electron chi connectivity index (χ0n) is 17.3. The number of aromatic nitrogens is 3. The van der Waals surface area contributed by atoms with E-state index in [9.17, 15) is 9.59 Å². The van der Waals surface area contributed by atoms with Gasteiger partial charge >= 0.3 is 0 Å². The third-order valence-corrected chi connectivity index (χ3v) is 6.07. The smallest absolute Gasteiger partial charge is 0.255 e. The van der Waals surface area contributed by atoms with Crippen LogP contribution in [0.15, 0.2) is 54.6 Å². The molecular formula is C24H25N5O2. The number of anilines is 1. The first kappa shape index (κ1) is 19.5. The summed E-state index contributed by atoms with van der Waals surface area (Å²) in [7, 11) is 0. The second-order valence-corrected chi connectivity index (χ2v) is 8.29. The first-order valence-electron chi connectivity index (χ1n) is 10.9. The summed E-state index contributed by atoms with van der Waals surface area (Å²) in [6.07, 6.45) is 4.07. The molecule has 1 saturated heterocycles. The minimum absolute atomic E-state index is 0.0568. The van der Waals surface area contributed by atoms with E-state index < -0.39 is 0 Å². The molecule has 2 amide bonds. The molecule has 2 N–H and O–H groups in total. The highest BCUT2D eigenvalue weighted by molar-refractivity contribution is 6.09. The number of piperidine rings is 1. The number of nitrogens with one attached hydrogen (secondary N) is 2. The molecule has 0 bridgehead atoms. The molecule has 2 heterocycles. The number of carbonyl (C=O) groups is 2. The Hall–Kier alpha value is -3.48. The first-order chi connectivity index (χ1) is 15.2. The fourth-order valence-electron chi connectivity index (χ4n) is 4.08. The molecule has 3 aromatic rings. The summed E-state index contributed by atoms with van der Waals surface area (Å²) in [6.45, 7) is 1.31. The first-order valence-corrected chi connectivity index (χ1v) is 10.9. The molecule has 5 rings (SSSR count). The number of H-pyrrole nitrogens is 1. The van der Waals surface area contributed by atoms with Crippen molar-refractivity contribution in [3.63, 3.8) is 0 Å². The van der Waals surface area contributed by atoms with Crippen LogP contribution in [-0.4, -0.2) is 45.0 Å². The van der Waals surface area contributed by atoms with Crippen LogP contribution in [0, 0.1) is 0 Å². The van der Waals surface area contributed by atoms with E-state index in [0.29, 0.717) is 41.7 Å². The predicted octanol–water partition coefficient (Wildman–Crippen LogP) is 3.95. The molecule has 0 unspecified atom stereocenters. The van der Waals surface area contributed by atoms with Gasteiger partial charge in [0.2, 0.25) is 0 Å². The van der Waals surface area contributed by atoms with E-state index in [1.165, 1.54) is 12.8 Å². The molecule has 7 nitrogen and oxygen atoms in total. The molecule has 1 saturated carbocycles. The summed E-state index contributed by atoms with van der Waals surface area (Å²) in [6, 6.07) is 16.2. The van der Waals surface area contributed by atoms with Crippen LogP contribution >= 0.6 is 0 Å². The fourth-order valence-corrected chi connectivity index (χ4v) is 4.08. The molecule has 1 aromatic heterocycles. The van der Waals surface area contributed by atoms with Crippen LogP contribution in [0.3, 0.4) is 0 Å². The van der Waals surface area contributed by atoms with Gasteiger partial charge in [0.05, 0.1) is 11.3 Å². The number of hydrogen-bond acceptors (Lipinski definition) is 4. The quantitative estimate of drug-likeness (QED) is 0.660. The number of hydrogen-bond donors (Lipinski definition) is 2. The molecule has 2 aliphatic rings. The van der Waals surface area contributed by atoms with Gasteiger partial charge in [-0.05, 0) is 49.9 Å². The number of benzene rings is 2. The minimum Gasteiger partial charge on any atom is -0.339 e. The standard InChI is InChI=1S/C24H25N5O2/c30-23(18-6-2-1-3-7-18)25-20-9-5-4-8-19(20)24(31)29-14-12-17(13-15-29)22-26-21(27-28-22)16-10-11-16/h1-9,16-17H,10-15H2,(H,25,30)(H,26,27,28). The summed E-state index contributed by atoms with van der Waals surface area (Å²) < 4.78 is 0. The second kappa shape index (κ2) is 8.34. The van der Waals surface area contributed by atoms with Crippen molar-refractivity contribution in [2.45, 2.75) is 37.5 Å². The minimum atomic E-state index is -0.226. The maximum Gasteiger partial charge on any atom is 0.255 e. The van der Waals surface area contributed by atoms with Crippen molar-refractivity contribution in [3.8, 4) is 0 Å². The van der Waals surface area contributed by atoms with Crippen LogP contribution in [0.2, 0.25) is 0 Å². The van der Waals surface area contributed by atoms with E-state index in [4.69, 9.17) is 0 Å². The van der Waals surface area contributed by atoms with E-state index in [1.54, 1.807) is 24.3 Å². The summed E-state index contributed by atoms with van der Waals surface area (Å²) in [4.78, 5) is 32.3. The van der Waals surface area contributed by atoms with Crippen molar-refractivity contribution < 1.29 is 9.59 Å². The van der Waals surface area contributed by atoms with Gasteiger partial charge in [-0.25, -0.2) is 4.98 Å². The Kier molecular flexibility index (Phi) is 5.24. The number of aromatic amines is 1. The highest BCUT2D eigenvalue weighted by Gasteiger charge is 2.31. The van der Waals surface area contributed by atoms with Crippen molar-refractivity contribution in [2.24, 2.45) is 0 Å². The third kappa shape index (κ3) is 4.21. The summed E-state index contributed by atoms with van der Waals surface area (Å²) in [5.74, 6) is 2.45. The van der Waals surface area contributed by atoms with Crippen molar-refractivity contribution in [2.75, 3.05) is 18.4 Å². The maximum absolute atomic E-state index is 13.2. The molecule has 1 aliphatic carbocycles. The molecule has 0 radical (unpaired) electrons. The summed E-state index contributed by atoms with van der Waals surface area (Å²) in [5, 5.41) is 10.4. The number of amides is 2. The Morgan fingerprint density at radius 2 is 1.61 bits per heavy atom. The van der Waals surface area contributed by atoms with Crippen LogP contribution in [0.25, 0.3) is 0 Å². The van der Waals surface area contributed by atoms with Gasteiger partial charge in [0.15, 0.2) is 5.82 Å². The van der Waals surface area contributed by atoms with Gasteiger partial charge in [0, 0.05) is 30.5 Å². The highest BCUT2D eigenvalue weighted by Crippen LogP contribution is 2.38. The number of nitrogens with zero attached hydrogens (tertiary/aromatic N) is 3. The number of para-hydroxylation sites is 1. The Bertz CT molecular complexity index is 1080. The number of carbonyl (C=O) groups excluding carboxylic acids is 2. The van der Waals surface area contributed by atoms with Crippen LogP contribution in [-0.2, 0) is 0 Å². The zero-order valence-corrected chi connectivity index (χ0v) is 17.3. The molecule has 2 aromatic carbocycles. The molecule has 7 heteroatoms. The van der Waals surface area contributed by atoms with Crippen LogP contribution in [0.4, 0.5) is 5.69 Å². The van der Waals surface area contributed by atoms with E-state index in [0.717, 1.165) is 24.5 Å². The average molecular weight is 415 g/mol. The summed E-state index contributed by atoms with van der Waals surface area (Å²) in [5.41, 5.74) is 1.61. The van der Waals surface area contributed by atoms with Gasteiger partial charge in [0.25, 0.3) is 11.8 Å². The molecule has 1 aliphatic heterocycles. The highest BCUT2D eigenvalue weighted by atomic mass is 16.2. The Labute approximate surface area is 180 Å². The lowest BCUT2D eigenvalue weighted by Gasteiger charge is -2.31. The van der Waals surface area contributed by atoms with Crippen molar-refractivity contribution >= 4 is 17.5 Å². The van der Waals surface area contributed by atoms with Crippen molar-refractivity contribution in [1.29, 1.82) is 0 Å². The Balaban J connectivity index is 1.25. The molecular weight excluding hydrogens is 390 g/mol. The van der Waals surface area contributed by atoms with Crippen molar-refractivity contribution in [3.05, 3.63) is 77.4 Å². The molecule has 158 valence electrons. The molecule has 0 atom stereocenters. The van der Waals surface area contributed by atoms with Gasteiger partial charge in [-0.1, -0.05) is 30.3 Å². The predicted molar refractivity (Wildman–Crippen MR) is 117 cm³/mol. The number of likely N-dealkylation sites (tertiary alicyclic amines) is 1. The van der Waals surface area contributed by atoms with Gasteiger partial charge in [-0.3, -0.25) is 14.7 Å². The topological polar surface area (TPSA) is 91.0 Å². The van der Waals surface area contributed by atoms with Crippen LogP contribution in [0.1, 0.15) is 69.9 Å². The van der Waals surface area contributed by atoms with Crippen LogP contribution in [0.5, 0.6) is 0 Å². The lowest BCUT2D eigenvalue weighted by molar-refractivity contribution is 0.0712. The van der Waals surface area contributed by atoms with Gasteiger partial charge in [-0.15, -0.1) is 0 Å².